The van der Waals surface area contributed by atoms with E-state index in [0.717, 1.165) is 0 Å². The van der Waals surface area contributed by atoms with Crippen molar-refractivity contribution in [3.8, 4) is 0 Å². The van der Waals surface area contributed by atoms with Gasteiger partial charge in [0.2, 0.25) is 0 Å². The molecule has 0 saturated heterocycles. The van der Waals surface area contributed by atoms with Gasteiger partial charge in [-0.05, 0) is 13.1 Å². The van der Waals surface area contributed by atoms with Crippen LogP contribution in [0.2, 0.25) is 0 Å². The Labute approximate surface area is 75.2 Å². The van der Waals surface area contributed by atoms with Crippen LogP contribution in [0.4, 0.5) is 4.39 Å². The van der Waals surface area contributed by atoms with Gasteiger partial charge >= 0.3 is 5.97 Å². The normalized spacial score (nSPS) is 12.5. The van der Waals surface area contributed by atoms with E-state index >= 15 is 0 Å². The maximum absolute atomic E-state index is 13.1. The predicted molar refractivity (Wildman–Crippen MR) is 45.8 cm³/mol. The number of benzene rings is 1. The molecule has 1 atom stereocenters. The second kappa shape index (κ2) is 4.00. The first-order valence-corrected chi connectivity index (χ1v) is 3.81. The van der Waals surface area contributed by atoms with Crippen LogP contribution >= 0.6 is 0 Å². The smallest absolute Gasteiger partial charge is 0.325 e. The summed E-state index contributed by atoms with van der Waals surface area (Å²) in [7, 11) is 1.48. The summed E-state index contributed by atoms with van der Waals surface area (Å²) < 4.78 is 13.1. The molecule has 1 unspecified atom stereocenters. The summed E-state index contributed by atoms with van der Waals surface area (Å²) in [5.74, 6) is -1.60. The Morgan fingerprint density at radius 1 is 1.54 bits per heavy atom. The topological polar surface area (TPSA) is 49.3 Å². The second-order valence-electron chi connectivity index (χ2n) is 2.58. The molecule has 2 N–H and O–H groups in total. The van der Waals surface area contributed by atoms with Gasteiger partial charge in [-0.2, -0.15) is 0 Å². The van der Waals surface area contributed by atoms with Gasteiger partial charge < -0.3 is 10.4 Å². The highest BCUT2D eigenvalue weighted by atomic mass is 19.1. The minimum atomic E-state index is -1.09. The molecule has 70 valence electrons. The van der Waals surface area contributed by atoms with Crippen molar-refractivity contribution >= 4 is 5.97 Å². The van der Waals surface area contributed by atoms with E-state index < -0.39 is 17.8 Å². The highest BCUT2D eigenvalue weighted by molar-refractivity contribution is 5.75. The van der Waals surface area contributed by atoms with Crippen molar-refractivity contribution in [3.05, 3.63) is 35.6 Å². The summed E-state index contributed by atoms with van der Waals surface area (Å²) in [6.45, 7) is 0. The Morgan fingerprint density at radius 2 is 2.15 bits per heavy atom. The van der Waals surface area contributed by atoms with Crippen molar-refractivity contribution in [2.75, 3.05) is 7.05 Å². The van der Waals surface area contributed by atoms with Gasteiger partial charge in [-0.25, -0.2) is 4.39 Å². The third-order valence-corrected chi connectivity index (χ3v) is 1.75. The largest absolute Gasteiger partial charge is 0.480 e. The van der Waals surface area contributed by atoms with E-state index in [-0.39, 0.29) is 5.56 Å². The van der Waals surface area contributed by atoms with Crippen LogP contribution < -0.4 is 5.32 Å². The summed E-state index contributed by atoms with van der Waals surface area (Å²) in [6, 6.07) is 4.83. The first-order valence-electron chi connectivity index (χ1n) is 3.81. The lowest BCUT2D eigenvalue weighted by molar-refractivity contribution is -0.139. The lowest BCUT2D eigenvalue weighted by Gasteiger charge is -2.11. The van der Waals surface area contributed by atoms with Gasteiger partial charge in [-0.1, -0.05) is 18.2 Å². The zero-order valence-corrected chi connectivity index (χ0v) is 7.12. The van der Waals surface area contributed by atoms with Gasteiger partial charge in [0.15, 0.2) is 0 Å². The fraction of sp³-hybridized carbons (Fsp3) is 0.222. The Balaban J connectivity index is 3.04. The minimum absolute atomic E-state index is 0.150. The van der Waals surface area contributed by atoms with Gasteiger partial charge in [-0.3, -0.25) is 4.79 Å². The van der Waals surface area contributed by atoms with Crippen LogP contribution in [0.1, 0.15) is 11.6 Å². The summed E-state index contributed by atoms with van der Waals surface area (Å²) >= 11 is 0. The lowest BCUT2D eigenvalue weighted by atomic mass is 10.1. The number of carboxylic acids is 1. The summed E-state index contributed by atoms with van der Waals surface area (Å²) in [6.07, 6.45) is 0. The van der Waals surface area contributed by atoms with Crippen LogP contribution in [0.3, 0.4) is 0 Å². The maximum Gasteiger partial charge on any atom is 0.325 e. The number of carbonyl (C=O) groups is 1. The van der Waals surface area contributed by atoms with Gasteiger partial charge in [0.25, 0.3) is 0 Å². The van der Waals surface area contributed by atoms with E-state index in [4.69, 9.17) is 5.11 Å². The Bertz CT molecular complexity index is 314. The third-order valence-electron chi connectivity index (χ3n) is 1.75. The van der Waals surface area contributed by atoms with E-state index in [1.54, 1.807) is 6.07 Å². The minimum Gasteiger partial charge on any atom is -0.480 e. The van der Waals surface area contributed by atoms with Crippen molar-refractivity contribution in [2.45, 2.75) is 6.04 Å². The first kappa shape index (κ1) is 9.67. The molecule has 0 saturated carbocycles. The molecule has 0 aliphatic rings. The molecule has 0 radical (unpaired) electrons. The lowest BCUT2D eigenvalue weighted by Crippen LogP contribution is -2.25. The quantitative estimate of drug-likeness (QED) is 0.739. The van der Waals surface area contributed by atoms with Gasteiger partial charge in [0.1, 0.15) is 11.9 Å². The van der Waals surface area contributed by atoms with E-state index in [1.165, 1.54) is 25.2 Å². The fourth-order valence-corrected chi connectivity index (χ4v) is 1.12. The summed E-state index contributed by atoms with van der Waals surface area (Å²) in [5, 5.41) is 11.2. The first-order chi connectivity index (χ1) is 6.16. The summed E-state index contributed by atoms with van der Waals surface area (Å²) in [5.41, 5.74) is 0.150. The number of carboxylic acid groups (broad SMARTS) is 1. The average molecular weight is 183 g/mol. The molecule has 13 heavy (non-hydrogen) atoms. The number of halogens is 1. The number of hydrogen-bond acceptors (Lipinski definition) is 2. The second-order valence-corrected chi connectivity index (χ2v) is 2.58. The molecule has 0 spiro atoms. The number of nitrogens with one attached hydrogen (secondary N) is 1. The van der Waals surface area contributed by atoms with Crippen molar-refractivity contribution in [2.24, 2.45) is 0 Å². The van der Waals surface area contributed by atoms with Crippen LogP contribution in [0.25, 0.3) is 0 Å². The SMILES string of the molecule is CNC(C(=O)O)c1ccccc1F. The zero-order valence-electron chi connectivity index (χ0n) is 7.12. The number of hydrogen-bond donors (Lipinski definition) is 2. The highest BCUT2D eigenvalue weighted by Gasteiger charge is 2.19. The molecular weight excluding hydrogens is 173 g/mol. The molecule has 0 bridgehead atoms. The monoisotopic (exact) mass is 183 g/mol. The molecule has 0 aliphatic heterocycles. The van der Waals surface area contributed by atoms with Gasteiger partial charge in [-0.15, -0.1) is 0 Å². The van der Waals surface area contributed by atoms with E-state index in [1.807, 2.05) is 0 Å². The van der Waals surface area contributed by atoms with E-state index in [0.29, 0.717) is 0 Å². The maximum atomic E-state index is 13.1. The average Bonchev–Trinajstić information content (AvgIpc) is 2.09. The standard InChI is InChI=1S/C9H10FNO2/c1-11-8(9(12)13)6-4-2-3-5-7(6)10/h2-5,8,11H,1H3,(H,12,13). The van der Waals surface area contributed by atoms with E-state index in [9.17, 15) is 9.18 Å². The Kier molecular flexibility index (Phi) is 2.97. The molecule has 4 heteroatoms. The molecule has 0 aromatic heterocycles. The van der Waals surface area contributed by atoms with Gasteiger partial charge in [0, 0.05) is 5.56 Å². The molecular formula is C9H10FNO2. The van der Waals surface area contributed by atoms with Crippen molar-refractivity contribution in [1.82, 2.24) is 5.32 Å². The zero-order chi connectivity index (χ0) is 9.84. The molecule has 1 aromatic carbocycles. The molecule has 1 aromatic rings. The molecule has 3 nitrogen and oxygen atoms in total. The van der Waals surface area contributed by atoms with Crippen molar-refractivity contribution in [1.29, 1.82) is 0 Å². The fourth-order valence-electron chi connectivity index (χ4n) is 1.12. The third kappa shape index (κ3) is 2.03. The molecule has 0 heterocycles. The van der Waals surface area contributed by atoms with Crippen LogP contribution in [0.5, 0.6) is 0 Å². The van der Waals surface area contributed by atoms with Crippen molar-refractivity contribution in [3.63, 3.8) is 0 Å². The van der Waals surface area contributed by atoms with E-state index in [2.05, 4.69) is 5.32 Å². The molecule has 0 aliphatic carbocycles. The number of aliphatic carboxylic acids is 1. The van der Waals surface area contributed by atoms with Crippen LogP contribution in [0, 0.1) is 5.82 Å². The summed E-state index contributed by atoms with van der Waals surface area (Å²) in [4.78, 5) is 10.7. The van der Waals surface area contributed by atoms with Crippen LogP contribution in [0.15, 0.2) is 24.3 Å². The number of rotatable bonds is 3. The predicted octanol–water partition coefficient (Wildman–Crippen LogP) is 1.17. The molecule has 1 rings (SSSR count). The molecule has 0 amide bonds. The van der Waals surface area contributed by atoms with Crippen LogP contribution in [-0.2, 0) is 4.79 Å². The molecule has 0 fully saturated rings. The highest BCUT2D eigenvalue weighted by Crippen LogP contribution is 2.16. The Morgan fingerprint density at radius 3 is 2.62 bits per heavy atom. The van der Waals surface area contributed by atoms with Crippen LogP contribution in [-0.4, -0.2) is 18.1 Å². The Hall–Kier alpha value is -1.42. The van der Waals surface area contributed by atoms with Gasteiger partial charge in [0.05, 0.1) is 0 Å². The number of likely N-dealkylation sites (N-methyl/N-ethyl adjacent to an activating group) is 1. The van der Waals surface area contributed by atoms with Crippen molar-refractivity contribution < 1.29 is 14.3 Å².